The van der Waals surface area contributed by atoms with Crippen molar-refractivity contribution in [1.82, 2.24) is 15.6 Å². The molecule has 0 saturated carbocycles. The molecule has 0 bridgehead atoms. The van der Waals surface area contributed by atoms with E-state index in [4.69, 9.17) is 0 Å². The van der Waals surface area contributed by atoms with Crippen LogP contribution in [0, 0.1) is 11.3 Å². The Morgan fingerprint density at radius 3 is 2.73 bits per heavy atom. The van der Waals surface area contributed by atoms with Gasteiger partial charge in [0.2, 0.25) is 0 Å². The number of hydrogen-bond donors (Lipinski definition) is 2. The van der Waals surface area contributed by atoms with Crippen LogP contribution in [0.25, 0.3) is 5.57 Å². The van der Waals surface area contributed by atoms with Crippen LogP contribution in [0.4, 0.5) is 0 Å². The highest BCUT2D eigenvalue weighted by molar-refractivity contribution is 5.90. The van der Waals surface area contributed by atoms with E-state index in [0.717, 1.165) is 24.1 Å². The predicted molar refractivity (Wildman–Crippen MR) is 88.6 cm³/mol. The van der Waals surface area contributed by atoms with Crippen molar-refractivity contribution in [3.63, 3.8) is 0 Å². The number of nitriles is 1. The smallest absolute Gasteiger partial charge is 0.200 e. The number of nitrogens with zero attached hydrogens (tertiary/aromatic N) is 3. The van der Waals surface area contributed by atoms with Crippen LogP contribution in [0.3, 0.4) is 0 Å². The van der Waals surface area contributed by atoms with E-state index in [1.807, 2.05) is 31.3 Å². The third-order valence-corrected chi connectivity index (χ3v) is 3.60. The number of rotatable bonds is 4. The van der Waals surface area contributed by atoms with Gasteiger partial charge < -0.3 is 10.6 Å². The Morgan fingerprint density at radius 1 is 1.36 bits per heavy atom. The summed E-state index contributed by atoms with van der Waals surface area (Å²) in [5.41, 5.74) is 2.88. The summed E-state index contributed by atoms with van der Waals surface area (Å²) >= 11 is 0. The molecule has 0 saturated heterocycles. The third kappa shape index (κ3) is 3.53. The molecule has 0 unspecified atom stereocenters. The molecule has 2 heterocycles. The molecule has 1 aromatic rings. The Kier molecular flexibility index (Phi) is 5.31. The minimum Gasteiger partial charge on any atom is -0.332 e. The van der Waals surface area contributed by atoms with Crippen molar-refractivity contribution < 1.29 is 0 Å². The predicted octanol–water partition coefficient (Wildman–Crippen LogP) is 2.96. The van der Waals surface area contributed by atoms with Crippen LogP contribution in [0.15, 0.2) is 46.9 Å². The van der Waals surface area contributed by atoms with Crippen molar-refractivity contribution in [3.8, 4) is 6.07 Å². The van der Waals surface area contributed by atoms with Crippen molar-refractivity contribution in [2.75, 3.05) is 0 Å². The first-order valence-electron chi connectivity index (χ1n) is 7.53. The Balaban J connectivity index is 2.41. The van der Waals surface area contributed by atoms with Gasteiger partial charge in [-0.3, -0.25) is 4.98 Å². The minimum absolute atomic E-state index is 0.267. The molecule has 2 N–H and O–H groups in total. The van der Waals surface area contributed by atoms with E-state index in [-0.39, 0.29) is 6.04 Å². The first-order chi connectivity index (χ1) is 10.7. The zero-order valence-corrected chi connectivity index (χ0v) is 13.2. The lowest BCUT2D eigenvalue weighted by Gasteiger charge is -2.22. The molecule has 0 fully saturated rings. The molecule has 0 radical (unpaired) electrons. The van der Waals surface area contributed by atoms with Gasteiger partial charge >= 0.3 is 0 Å². The van der Waals surface area contributed by atoms with Crippen molar-refractivity contribution in [1.29, 1.82) is 5.26 Å². The number of pyridine rings is 1. The van der Waals surface area contributed by atoms with E-state index in [9.17, 15) is 5.26 Å². The number of aromatic nitrogens is 1. The maximum atomic E-state index is 9.53. The highest BCUT2D eigenvalue weighted by atomic mass is 15.2. The van der Waals surface area contributed by atoms with Crippen molar-refractivity contribution >= 4 is 11.5 Å². The molecule has 0 spiro atoms. The Hall–Kier alpha value is -2.61. The highest BCUT2D eigenvalue weighted by Gasteiger charge is 2.18. The van der Waals surface area contributed by atoms with Gasteiger partial charge in [-0.25, -0.2) is 4.99 Å². The van der Waals surface area contributed by atoms with Gasteiger partial charge in [-0.1, -0.05) is 19.9 Å². The molecule has 1 aromatic heterocycles. The van der Waals surface area contributed by atoms with E-state index in [1.54, 1.807) is 6.20 Å². The lowest BCUT2D eigenvalue weighted by Crippen LogP contribution is -2.39. The van der Waals surface area contributed by atoms with E-state index < -0.39 is 0 Å². The van der Waals surface area contributed by atoms with Crippen molar-refractivity contribution in [2.45, 2.75) is 39.7 Å². The minimum atomic E-state index is 0.267. The summed E-state index contributed by atoms with van der Waals surface area (Å²) in [6, 6.07) is 8.06. The van der Waals surface area contributed by atoms with Crippen molar-refractivity contribution in [2.24, 2.45) is 4.99 Å². The summed E-state index contributed by atoms with van der Waals surface area (Å²) in [6.07, 6.45) is 5.52. The molecule has 5 nitrogen and oxygen atoms in total. The average molecular weight is 295 g/mol. The Bertz CT molecular complexity index is 645. The van der Waals surface area contributed by atoms with Crippen LogP contribution in [0.1, 0.15) is 39.3 Å². The van der Waals surface area contributed by atoms with E-state index in [0.29, 0.717) is 17.2 Å². The normalized spacial score (nSPS) is 18.3. The van der Waals surface area contributed by atoms with E-state index in [2.05, 4.69) is 40.5 Å². The summed E-state index contributed by atoms with van der Waals surface area (Å²) < 4.78 is 0. The molecule has 0 atom stereocenters. The van der Waals surface area contributed by atoms with Gasteiger partial charge in [0, 0.05) is 12.4 Å². The number of hydrogen-bond acceptors (Lipinski definition) is 3. The second-order valence-electron chi connectivity index (χ2n) is 5.12. The fourth-order valence-electron chi connectivity index (χ4n) is 2.24. The first-order valence-corrected chi connectivity index (χ1v) is 7.53. The maximum Gasteiger partial charge on any atom is 0.200 e. The summed E-state index contributed by atoms with van der Waals surface area (Å²) in [7, 11) is 0. The van der Waals surface area contributed by atoms with Gasteiger partial charge in [0.15, 0.2) is 5.96 Å². The fourth-order valence-corrected chi connectivity index (χ4v) is 2.24. The Morgan fingerprint density at radius 2 is 2.14 bits per heavy atom. The zero-order chi connectivity index (χ0) is 15.9. The maximum absolute atomic E-state index is 9.53. The highest BCUT2D eigenvalue weighted by Crippen LogP contribution is 2.21. The second-order valence-corrected chi connectivity index (χ2v) is 5.12. The number of nitrogens with one attached hydrogen (secondary N) is 2. The van der Waals surface area contributed by atoms with Crippen LogP contribution < -0.4 is 10.6 Å². The monoisotopic (exact) mass is 295 g/mol. The lowest BCUT2D eigenvalue weighted by molar-refractivity contribution is 0.625. The molecular formula is C17H21N5. The second kappa shape index (κ2) is 7.41. The number of allylic oxidation sites excluding steroid dienone is 2. The number of aliphatic imine (C=N–C) groups is 1. The zero-order valence-electron chi connectivity index (χ0n) is 13.2. The van der Waals surface area contributed by atoms with Gasteiger partial charge in [0.05, 0.1) is 17.4 Å². The topological polar surface area (TPSA) is 73.1 Å². The fraction of sp³-hybridized carbons (Fsp3) is 0.353. The molecular weight excluding hydrogens is 274 g/mol. The van der Waals surface area contributed by atoms with Crippen LogP contribution in [-0.4, -0.2) is 17.0 Å². The van der Waals surface area contributed by atoms with Gasteiger partial charge in [-0.05, 0) is 37.5 Å². The lowest BCUT2D eigenvalue weighted by atomic mass is 10.1. The molecule has 114 valence electrons. The summed E-state index contributed by atoms with van der Waals surface area (Å²) in [4.78, 5) is 8.92. The molecule has 0 aliphatic carbocycles. The Labute approximate surface area is 131 Å². The standard InChI is InChI=1S/C17H21N5/c1-4-13(5-2)21-17-20-11-12(3)16(22-17)14(10-18)15-8-6-7-9-19-15/h6-9,11,13H,4-5H2,1-3H3,(H2,20,21,22). The van der Waals surface area contributed by atoms with Crippen LogP contribution in [0.2, 0.25) is 0 Å². The van der Waals surface area contributed by atoms with Crippen LogP contribution in [0.5, 0.6) is 0 Å². The van der Waals surface area contributed by atoms with E-state index in [1.165, 1.54) is 0 Å². The molecule has 5 heteroatoms. The van der Waals surface area contributed by atoms with Gasteiger partial charge in [0.1, 0.15) is 11.6 Å². The van der Waals surface area contributed by atoms with Gasteiger partial charge in [-0.2, -0.15) is 5.26 Å². The molecule has 22 heavy (non-hydrogen) atoms. The molecule has 1 aliphatic rings. The molecule has 1 aliphatic heterocycles. The first kappa shape index (κ1) is 15.8. The summed E-state index contributed by atoms with van der Waals surface area (Å²) in [5.74, 6) is 0.679. The van der Waals surface area contributed by atoms with E-state index >= 15 is 0 Å². The van der Waals surface area contributed by atoms with Crippen LogP contribution >= 0.6 is 0 Å². The average Bonchev–Trinajstić information content (AvgIpc) is 2.57. The number of guanidine groups is 1. The molecule has 0 amide bonds. The summed E-state index contributed by atoms with van der Waals surface area (Å²) in [6.45, 7) is 6.19. The SMILES string of the molecule is CCC(CC)N=C1NC=C(C)C(=C(C#N)c2ccccn2)N1. The molecule has 0 aromatic carbocycles. The summed E-state index contributed by atoms with van der Waals surface area (Å²) in [5, 5.41) is 15.9. The largest absolute Gasteiger partial charge is 0.332 e. The van der Waals surface area contributed by atoms with Crippen molar-refractivity contribution in [3.05, 3.63) is 47.6 Å². The third-order valence-electron chi connectivity index (χ3n) is 3.60. The van der Waals surface area contributed by atoms with Gasteiger partial charge in [0.25, 0.3) is 0 Å². The van der Waals surface area contributed by atoms with Gasteiger partial charge in [-0.15, -0.1) is 0 Å². The van der Waals surface area contributed by atoms with Crippen LogP contribution in [-0.2, 0) is 0 Å². The molecule has 2 rings (SSSR count). The quantitative estimate of drug-likeness (QED) is 0.838.